The summed E-state index contributed by atoms with van der Waals surface area (Å²) in [7, 11) is 1.60. The lowest BCUT2D eigenvalue weighted by molar-refractivity contribution is -0.140. The maximum Gasteiger partial charge on any atom is 0.245 e. The fourth-order valence-corrected chi connectivity index (χ4v) is 8.63. The average Bonchev–Trinajstić information content (AvgIpc) is 3.55. The zero-order chi connectivity index (χ0) is 24.0. The zero-order valence-corrected chi connectivity index (χ0v) is 20.1. The molecule has 1 aromatic heterocycles. The number of fused-ring (bicyclic) bond motifs is 2. The highest BCUT2D eigenvalue weighted by molar-refractivity contribution is 8.02. The van der Waals surface area contributed by atoms with Gasteiger partial charge in [0.05, 0.1) is 22.1 Å². The van der Waals surface area contributed by atoms with E-state index < -0.39 is 22.6 Å². The highest BCUT2D eigenvalue weighted by atomic mass is 32.2. The molecule has 2 bridgehead atoms. The lowest BCUT2D eigenvalue weighted by Gasteiger charge is -2.38. The Kier molecular flexibility index (Phi) is 6.01. The van der Waals surface area contributed by atoms with E-state index in [-0.39, 0.29) is 42.2 Å². The molecule has 0 saturated carbocycles. The third-order valence-corrected chi connectivity index (χ3v) is 9.75. The van der Waals surface area contributed by atoms with Crippen LogP contribution in [0.1, 0.15) is 26.2 Å². The molecule has 0 aliphatic carbocycles. The first-order valence-corrected chi connectivity index (χ1v) is 12.7. The lowest BCUT2D eigenvalue weighted by atomic mass is 9.66. The van der Waals surface area contributed by atoms with E-state index in [1.54, 1.807) is 28.4 Å². The van der Waals surface area contributed by atoms with E-state index in [1.165, 1.54) is 0 Å². The minimum absolute atomic E-state index is 0.0260. The van der Waals surface area contributed by atoms with Gasteiger partial charge in [0.15, 0.2) is 0 Å². The number of nitrogens with one attached hydrogen (secondary N) is 2. The van der Waals surface area contributed by atoms with Crippen LogP contribution >= 0.6 is 11.8 Å². The smallest absolute Gasteiger partial charge is 0.245 e. The number of hydrogen-bond acceptors (Lipinski definition) is 7. The number of amides is 3. The molecule has 3 aliphatic heterocycles. The van der Waals surface area contributed by atoms with E-state index in [9.17, 15) is 19.5 Å². The molecule has 2 aromatic rings. The largest absolute Gasteiger partial charge is 0.396 e. The first kappa shape index (κ1) is 23.1. The molecule has 10 nitrogen and oxygen atoms in total. The Hall–Kier alpha value is -2.66. The van der Waals surface area contributed by atoms with Gasteiger partial charge in [-0.1, -0.05) is 24.3 Å². The summed E-state index contributed by atoms with van der Waals surface area (Å²) in [5, 5.41) is 23.3. The zero-order valence-electron chi connectivity index (χ0n) is 19.3. The number of carbonyl (C=O) groups is 3. The van der Waals surface area contributed by atoms with E-state index in [0.29, 0.717) is 19.4 Å². The maximum atomic E-state index is 13.8. The van der Waals surface area contributed by atoms with Crippen molar-refractivity contribution in [3.8, 4) is 0 Å². The molecular formula is C23H30N6O4S. The second kappa shape index (κ2) is 8.84. The van der Waals surface area contributed by atoms with E-state index in [2.05, 4.69) is 27.9 Å². The highest BCUT2D eigenvalue weighted by Gasteiger charge is 2.75. The summed E-state index contributed by atoms with van der Waals surface area (Å²) in [6.45, 7) is 2.63. The summed E-state index contributed by atoms with van der Waals surface area (Å²) in [6, 6.07) is 6.84. The summed E-state index contributed by atoms with van der Waals surface area (Å²) < 4.78 is 0.984. The molecule has 6 atom stereocenters. The molecule has 182 valence electrons. The van der Waals surface area contributed by atoms with E-state index in [4.69, 9.17) is 0 Å². The summed E-state index contributed by atoms with van der Waals surface area (Å²) >= 11 is 1.65. The van der Waals surface area contributed by atoms with Gasteiger partial charge in [-0.15, -0.1) is 16.9 Å². The Balaban J connectivity index is 1.45. The van der Waals surface area contributed by atoms with Crippen LogP contribution < -0.4 is 10.6 Å². The molecule has 3 amide bonds. The van der Waals surface area contributed by atoms with Gasteiger partial charge < -0.3 is 20.6 Å². The van der Waals surface area contributed by atoms with Crippen molar-refractivity contribution in [1.29, 1.82) is 0 Å². The molecule has 3 fully saturated rings. The van der Waals surface area contributed by atoms with Gasteiger partial charge in [0.25, 0.3) is 0 Å². The Morgan fingerprint density at radius 1 is 1.26 bits per heavy atom. The molecule has 3 aliphatic rings. The third kappa shape index (κ3) is 3.31. The molecule has 5 rings (SSSR count). The molecular weight excluding hydrogens is 456 g/mol. The predicted molar refractivity (Wildman–Crippen MR) is 126 cm³/mol. The molecule has 0 radical (unpaired) electrons. The van der Waals surface area contributed by atoms with Crippen LogP contribution in [-0.2, 0) is 21.1 Å². The lowest BCUT2D eigenvalue weighted by Crippen LogP contribution is -2.56. The molecule has 4 heterocycles. The van der Waals surface area contributed by atoms with E-state index in [1.807, 2.05) is 24.3 Å². The van der Waals surface area contributed by atoms with Gasteiger partial charge in [0, 0.05) is 25.4 Å². The number of hydrogen-bond donors (Lipinski definition) is 3. The normalized spacial score (nSPS) is 31.8. The van der Waals surface area contributed by atoms with Crippen LogP contribution in [0.4, 0.5) is 0 Å². The number of benzene rings is 1. The van der Waals surface area contributed by atoms with Gasteiger partial charge in [-0.05, 0) is 37.3 Å². The van der Waals surface area contributed by atoms with Crippen molar-refractivity contribution in [1.82, 2.24) is 30.5 Å². The van der Waals surface area contributed by atoms with Gasteiger partial charge in [-0.25, -0.2) is 4.68 Å². The fourth-order valence-electron chi connectivity index (χ4n) is 6.20. The maximum absolute atomic E-state index is 13.8. The van der Waals surface area contributed by atoms with Crippen LogP contribution in [0.25, 0.3) is 11.0 Å². The number of nitrogens with zero attached hydrogens (tertiary/aromatic N) is 4. The second-order valence-corrected chi connectivity index (χ2v) is 11.0. The van der Waals surface area contributed by atoms with Gasteiger partial charge in [-0.2, -0.15) is 0 Å². The number of para-hydroxylation sites is 1. The number of rotatable bonds is 8. The van der Waals surface area contributed by atoms with Crippen molar-refractivity contribution in [3.63, 3.8) is 0 Å². The van der Waals surface area contributed by atoms with Crippen molar-refractivity contribution in [2.75, 3.05) is 20.2 Å². The standard InChI is InChI=1S/C23H30N6O4S/c1-13-11-16-17(20(31)24-2)18-22(33)28(9-5-6-10-30)19(23(13,18)34-16)21(32)25-12-29-15-8-4-3-7-14(15)26-27-29/h3-4,7-8,13,16-19,30H,5-6,9-12H2,1-2H3,(H,24,31)(H,25,32)/t13?,16-,17+,18-,19?,23?/m0/s1. The minimum atomic E-state index is -0.682. The van der Waals surface area contributed by atoms with Crippen LogP contribution in [0.5, 0.6) is 0 Å². The molecule has 34 heavy (non-hydrogen) atoms. The minimum Gasteiger partial charge on any atom is -0.396 e. The number of likely N-dealkylation sites (tertiary alicyclic amines) is 1. The highest BCUT2D eigenvalue weighted by Crippen LogP contribution is 2.68. The Morgan fingerprint density at radius 3 is 2.82 bits per heavy atom. The van der Waals surface area contributed by atoms with Crippen LogP contribution in [0, 0.1) is 17.8 Å². The summed E-state index contributed by atoms with van der Waals surface area (Å²) in [6.07, 6.45) is 1.94. The molecule has 3 N–H and O–H groups in total. The number of aromatic nitrogens is 3. The van der Waals surface area contributed by atoms with Gasteiger partial charge in [0.1, 0.15) is 18.2 Å². The predicted octanol–water partition coefficient (Wildman–Crippen LogP) is 0.361. The van der Waals surface area contributed by atoms with Crippen molar-refractivity contribution in [2.24, 2.45) is 17.8 Å². The number of aliphatic hydroxyl groups excluding tert-OH is 1. The van der Waals surface area contributed by atoms with E-state index in [0.717, 1.165) is 17.5 Å². The van der Waals surface area contributed by atoms with Gasteiger partial charge in [0.2, 0.25) is 17.7 Å². The molecule has 1 spiro atoms. The SMILES string of the molecule is CNC(=O)[C@@H]1[C@@H]2CC(C)C3(S2)C(C(=O)NCn2nnc4ccccc42)N(CCCCO)C(=O)[C@H]13. The first-order valence-electron chi connectivity index (χ1n) is 11.8. The number of aliphatic hydroxyl groups is 1. The van der Waals surface area contributed by atoms with Crippen LogP contribution in [0.15, 0.2) is 24.3 Å². The second-order valence-electron chi connectivity index (χ2n) is 9.41. The van der Waals surface area contributed by atoms with Gasteiger partial charge in [-0.3, -0.25) is 14.4 Å². The Morgan fingerprint density at radius 2 is 2.06 bits per heavy atom. The summed E-state index contributed by atoms with van der Waals surface area (Å²) in [4.78, 5) is 41.9. The van der Waals surface area contributed by atoms with Crippen LogP contribution in [-0.4, -0.2) is 79.0 Å². The number of thioether (sulfide) groups is 1. The molecule has 11 heteroatoms. The van der Waals surface area contributed by atoms with Crippen LogP contribution in [0.2, 0.25) is 0 Å². The van der Waals surface area contributed by atoms with E-state index >= 15 is 0 Å². The van der Waals surface area contributed by atoms with Crippen molar-refractivity contribution >= 4 is 40.5 Å². The topological polar surface area (TPSA) is 129 Å². The van der Waals surface area contributed by atoms with Crippen molar-refractivity contribution in [2.45, 2.75) is 48.9 Å². The van der Waals surface area contributed by atoms with Crippen molar-refractivity contribution < 1.29 is 19.5 Å². The van der Waals surface area contributed by atoms with Crippen LogP contribution in [0.3, 0.4) is 0 Å². The fraction of sp³-hybridized carbons (Fsp3) is 0.609. The average molecular weight is 487 g/mol. The Labute approximate surface area is 201 Å². The number of carbonyl (C=O) groups excluding carboxylic acids is 3. The quantitative estimate of drug-likeness (QED) is 0.460. The third-order valence-electron chi connectivity index (χ3n) is 7.67. The molecule has 1 aromatic carbocycles. The summed E-state index contributed by atoms with van der Waals surface area (Å²) in [5.74, 6) is -1.34. The Bertz CT molecular complexity index is 1120. The summed E-state index contributed by atoms with van der Waals surface area (Å²) in [5.41, 5.74) is 1.55. The first-order chi connectivity index (χ1) is 16.4. The molecule has 3 saturated heterocycles. The van der Waals surface area contributed by atoms with Crippen molar-refractivity contribution in [3.05, 3.63) is 24.3 Å². The number of unbranched alkanes of at least 4 members (excludes halogenated alkanes) is 1. The monoisotopic (exact) mass is 486 g/mol. The van der Waals surface area contributed by atoms with Gasteiger partial charge >= 0.3 is 0 Å². The molecule has 3 unspecified atom stereocenters.